The van der Waals surface area contributed by atoms with E-state index in [0.717, 1.165) is 6.07 Å². The van der Waals surface area contributed by atoms with Crippen LogP contribution in [0, 0.1) is 29.1 Å². The molecule has 2 aromatic rings. The van der Waals surface area contributed by atoms with Gasteiger partial charge in [-0.3, -0.25) is 0 Å². The molecule has 2 rings (SSSR count). The minimum Gasteiger partial charge on any atom is -0.207 e. The number of rotatable bonds is 3. The van der Waals surface area contributed by atoms with Gasteiger partial charge in [-0.2, -0.15) is 0 Å². The molecule has 0 nitrogen and oxygen atoms in total. The van der Waals surface area contributed by atoms with Crippen molar-refractivity contribution in [1.82, 2.24) is 0 Å². The molecular formula is C14H8ClF5. The van der Waals surface area contributed by atoms with E-state index in [9.17, 15) is 22.0 Å². The Balaban J connectivity index is 2.31. The van der Waals surface area contributed by atoms with Gasteiger partial charge in [0.1, 0.15) is 5.82 Å². The molecular weight excluding hydrogens is 299 g/mol. The Morgan fingerprint density at radius 3 is 2.20 bits per heavy atom. The lowest BCUT2D eigenvalue weighted by molar-refractivity contribution is 0.486. The van der Waals surface area contributed by atoms with Crippen LogP contribution < -0.4 is 0 Å². The zero-order valence-electron chi connectivity index (χ0n) is 9.94. The average molecular weight is 307 g/mol. The third kappa shape index (κ3) is 2.93. The van der Waals surface area contributed by atoms with Crippen LogP contribution in [0.25, 0.3) is 0 Å². The highest BCUT2D eigenvalue weighted by molar-refractivity contribution is 6.20. The maximum Gasteiger partial charge on any atom is 0.162 e. The highest BCUT2D eigenvalue weighted by atomic mass is 35.5. The Morgan fingerprint density at radius 2 is 1.50 bits per heavy atom. The molecule has 1 unspecified atom stereocenters. The van der Waals surface area contributed by atoms with Crippen LogP contribution in [0.4, 0.5) is 22.0 Å². The van der Waals surface area contributed by atoms with E-state index in [2.05, 4.69) is 0 Å². The van der Waals surface area contributed by atoms with Crippen molar-refractivity contribution in [3.05, 3.63) is 70.5 Å². The van der Waals surface area contributed by atoms with Crippen LogP contribution >= 0.6 is 11.6 Å². The molecule has 0 N–H and O–H groups in total. The summed E-state index contributed by atoms with van der Waals surface area (Å²) in [5.74, 6) is -5.79. The van der Waals surface area contributed by atoms with Crippen molar-refractivity contribution in [2.75, 3.05) is 0 Å². The SMILES string of the molecule is Fc1cc(F)c(C(Cl)Cc2cccc(F)c2F)cc1F. The van der Waals surface area contributed by atoms with Crippen LogP contribution in [0.5, 0.6) is 0 Å². The third-order valence-corrected chi connectivity index (χ3v) is 3.20. The van der Waals surface area contributed by atoms with Crippen LogP contribution in [0.3, 0.4) is 0 Å². The lowest BCUT2D eigenvalue weighted by Gasteiger charge is -2.12. The molecule has 0 fully saturated rings. The average Bonchev–Trinajstić information content (AvgIpc) is 2.39. The molecule has 0 amide bonds. The van der Waals surface area contributed by atoms with Crippen molar-refractivity contribution in [2.45, 2.75) is 11.8 Å². The van der Waals surface area contributed by atoms with E-state index >= 15 is 0 Å². The van der Waals surface area contributed by atoms with E-state index in [1.54, 1.807) is 0 Å². The monoisotopic (exact) mass is 306 g/mol. The largest absolute Gasteiger partial charge is 0.207 e. The topological polar surface area (TPSA) is 0 Å². The molecule has 0 aliphatic rings. The fraction of sp³-hybridized carbons (Fsp3) is 0.143. The highest BCUT2D eigenvalue weighted by Gasteiger charge is 2.19. The summed E-state index contributed by atoms with van der Waals surface area (Å²) in [5.41, 5.74) is -0.386. The molecule has 0 aliphatic heterocycles. The molecule has 0 bridgehead atoms. The molecule has 0 saturated carbocycles. The van der Waals surface area contributed by atoms with Gasteiger partial charge in [-0.25, -0.2) is 22.0 Å². The minimum absolute atomic E-state index is 0.0749. The smallest absolute Gasteiger partial charge is 0.162 e. The summed E-state index contributed by atoms with van der Waals surface area (Å²) >= 11 is 5.88. The number of hydrogen-bond acceptors (Lipinski definition) is 0. The Bertz CT molecular complexity index is 642. The summed E-state index contributed by atoms with van der Waals surface area (Å²) in [7, 11) is 0. The Labute approximate surface area is 116 Å². The number of alkyl halides is 1. The van der Waals surface area contributed by atoms with E-state index in [-0.39, 0.29) is 17.5 Å². The molecule has 106 valence electrons. The van der Waals surface area contributed by atoms with Crippen LogP contribution in [0.1, 0.15) is 16.5 Å². The zero-order valence-corrected chi connectivity index (χ0v) is 10.7. The summed E-state index contributed by atoms with van der Waals surface area (Å²) in [6.45, 7) is 0. The van der Waals surface area contributed by atoms with E-state index in [4.69, 9.17) is 11.6 Å². The summed E-state index contributed by atoms with van der Waals surface area (Å²) < 4.78 is 65.9. The first-order valence-corrected chi connectivity index (χ1v) is 6.05. The Morgan fingerprint density at radius 1 is 0.850 bits per heavy atom. The van der Waals surface area contributed by atoms with Crippen molar-refractivity contribution >= 4 is 11.6 Å². The Hall–Kier alpha value is -1.62. The third-order valence-electron chi connectivity index (χ3n) is 2.81. The van der Waals surface area contributed by atoms with Crippen molar-refractivity contribution in [3.63, 3.8) is 0 Å². The highest BCUT2D eigenvalue weighted by Crippen LogP contribution is 2.29. The van der Waals surface area contributed by atoms with E-state index in [1.807, 2.05) is 0 Å². The normalized spacial score (nSPS) is 12.5. The molecule has 0 saturated heterocycles. The van der Waals surface area contributed by atoms with Crippen LogP contribution in [-0.2, 0) is 6.42 Å². The van der Waals surface area contributed by atoms with Gasteiger partial charge in [0.25, 0.3) is 0 Å². The number of benzene rings is 2. The molecule has 0 heterocycles. The first-order chi connectivity index (χ1) is 9.40. The second-order valence-electron chi connectivity index (χ2n) is 4.17. The molecule has 0 spiro atoms. The van der Waals surface area contributed by atoms with E-state index in [0.29, 0.717) is 12.1 Å². The second kappa shape index (κ2) is 5.79. The number of halogens is 6. The van der Waals surface area contributed by atoms with E-state index < -0.39 is 34.5 Å². The fourth-order valence-electron chi connectivity index (χ4n) is 1.79. The minimum atomic E-state index is -1.34. The fourth-order valence-corrected chi connectivity index (χ4v) is 2.12. The van der Waals surface area contributed by atoms with Crippen molar-refractivity contribution in [1.29, 1.82) is 0 Å². The van der Waals surface area contributed by atoms with Gasteiger partial charge in [0.05, 0.1) is 5.38 Å². The van der Waals surface area contributed by atoms with E-state index in [1.165, 1.54) is 12.1 Å². The molecule has 0 radical (unpaired) electrons. The molecule has 0 aromatic heterocycles. The zero-order chi connectivity index (χ0) is 14.9. The van der Waals surface area contributed by atoms with Crippen molar-refractivity contribution in [3.8, 4) is 0 Å². The van der Waals surface area contributed by atoms with Gasteiger partial charge >= 0.3 is 0 Å². The summed E-state index contributed by atoms with van der Waals surface area (Å²) in [4.78, 5) is 0. The molecule has 20 heavy (non-hydrogen) atoms. The quantitative estimate of drug-likeness (QED) is 0.429. The second-order valence-corrected chi connectivity index (χ2v) is 4.70. The van der Waals surface area contributed by atoms with Gasteiger partial charge < -0.3 is 0 Å². The predicted octanol–water partition coefficient (Wildman–Crippen LogP) is 4.90. The van der Waals surface area contributed by atoms with Crippen molar-refractivity contribution < 1.29 is 22.0 Å². The number of hydrogen-bond donors (Lipinski definition) is 0. The summed E-state index contributed by atoms with van der Waals surface area (Å²) in [6.07, 6.45) is -0.257. The first kappa shape index (κ1) is 14.8. The first-order valence-electron chi connectivity index (χ1n) is 5.61. The van der Waals surface area contributed by atoms with Gasteiger partial charge in [0.2, 0.25) is 0 Å². The van der Waals surface area contributed by atoms with Gasteiger partial charge in [0, 0.05) is 11.6 Å². The van der Waals surface area contributed by atoms with Gasteiger partial charge in [-0.15, -0.1) is 11.6 Å². The summed E-state index contributed by atoms with van der Waals surface area (Å²) in [5, 5.41) is -1.15. The Kier molecular flexibility index (Phi) is 4.28. The summed E-state index contributed by atoms with van der Waals surface area (Å²) in [6, 6.07) is 4.46. The predicted molar refractivity (Wildman–Crippen MR) is 65.0 cm³/mol. The molecule has 6 heteroatoms. The maximum absolute atomic E-state index is 13.5. The van der Waals surface area contributed by atoms with Crippen LogP contribution in [0.15, 0.2) is 30.3 Å². The molecule has 2 aromatic carbocycles. The molecule has 1 atom stereocenters. The lowest BCUT2D eigenvalue weighted by Crippen LogP contribution is -2.04. The van der Waals surface area contributed by atoms with Crippen molar-refractivity contribution in [2.24, 2.45) is 0 Å². The van der Waals surface area contributed by atoms with Crippen LogP contribution in [-0.4, -0.2) is 0 Å². The maximum atomic E-state index is 13.5. The van der Waals surface area contributed by atoms with Gasteiger partial charge in [0.15, 0.2) is 23.3 Å². The standard InChI is InChI=1S/C14H8ClF5/c15-9(4-7-2-1-3-10(16)14(7)20)8-5-12(18)13(19)6-11(8)17/h1-3,5-6,9H,4H2. The van der Waals surface area contributed by atoms with Gasteiger partial charge in [-0.05, 0) is 24.1 Å². The molecule has 0 aliphatic carbocycles. The van der Waals surface area contributed by atoms with Gasteiger partial charge in [-0.1, -0.05) is 12.1 Å². The lowest BCUT2D eigenvalue weighted by atomic mass is 10.0. The van der Waals surface area contributed by atoms with Crippen LogP contribution in [0.2, 0.25) is 0 Å².